The fourth-order valence-corrected chi connectivity index (χ4v) is 5.13. The second-order valence-corrected chi connectivity index (χ2v) is 9.46. The highest BCUT2D eigenvalue weighted by molar-refractivity contribution is 7.89. The molecule has 4 N–H and O–H groups in total. The topological polar surface area (TPSA) is 109 Å². The summed E-state index contributed by atoms with van der Waals surface area (Å²) >= 11 is 5.90. The Morgan fingerprint density at radius 2 is 1.63 bits per heavy atom. The number of halogens is 1. The van der Waals surface area contributed by atoms with E-state index in [9.17, 15) is 18.3 Å². The Morgan fingerprint density at radius 1 is 1.03 bits per heavy atom. The van der Waals surface area contributed by atoms with Crippen LogP contribution in [0, 0.1) is 0 Å². The smallest absolute Gasteiger partial charge is 0.325 e. The average molecular weight is 443 g/mol. The van der Waals surface area contributed by atoms with Crippen molar-refractivity contribution in [3.8, 4) is 11.1 Å². The summed E-state index contributed by atoms with van der Waals surface area (Å²) in [5, 5.41) is 10.4. The Labute approximate surface area is 179 Å². The van der Waals surface area contributed by atoms with Crippen molar-refractivity contribution in [1.29, 1.82) is 0 Å². The maximum absolute atomic E-state index is 12.9. The number of benzene rings is 3. The van der Waals surface area contributed by atoms with Crippen LogP contribution in [-0.2, 0) is 14.8 Å². The molecule has 3 aromatic rings. The molecule has 2 unspecified atom stereocenters. The molecule has 3 aromatic carbocycles. The number of aliphatic carboxylic acids is 1. The Balaban J connectivity index is 1.58. The second kappa shape index (κ2) is 7.43. The zero-order valence-electron chi connectivity index (χ0n) is 15.7. The predicted molar refractivity (Wildman–Crippen MR) is 116 cm³/mol. The highest BCUT2D eigenvalue weighted by atomic mass is 35.5. The minimum atomic E-state index is -4.04. The van der Waals surface area contributed by atoms with Crippen molar-refractivity contribution in [1.82, 2.24) is 4.72 Å². The number of carboxylic acid groups (broad SMARTS) is 1. The first kappa shape index (κ1) is 20.4. The minimum absolute atomic E-state index is 0.000867. The molecule has 6 nitrogen and oxygen atoms in total. The highest BCUT2D eigenvalue weighted by Gasteiger charge is 2.63. The highest BCUT2D eigenvalue weighted by Crippen LogP contribution is 2.52. The molecule has 0 saturated heterocycles. The summed E-state index contributed by atoms with van der Waals surface area (Å²) in [7, 11) is -4.04. The zero-order valence-corrected chi connectivity index (χ0v) is 17.3. The van der Waals surface area contributed by atoms with Crippen LogP contribution in [0.15, 0.2) is 77.7 Å². The number of carboxylic acids is 1. The standard InChI is InChI=1S/C22H19ClN2O4S/c23-17-8-4-14(5-9-17)15-6-10-19(11-7-15)30(28,29)25-22(21(26)27)13-20(22)16-2-1-3-18(24)12-16/h1-12,20,25H,13,24H2,(H,26,27). The van der Waals surface area contributed by atoms with Gasteiger partial charge in [0.25, 0.3) is 0 Å². The zero-order chi connectivity index (χ0) is 21.5. The molecule has 0 aliphatic heterocycles. The maximum atomic E-state index is 12.9. The summed E-state index contributed by atoms with van der Waals surface area (Å²) in [5.41, 5.74) is 7.11. The molecule has 1 saturated carbocycles. The summed E-state index contributed by atoms with van der Waals surface area (Å²) in [6.07, 6.45) is 0.161. The first-order valence-electron chi connectivity index (χ1n) is 9.20. The van der Waals surface area contributed by atoms with Gasteiger partial charge in [-0.3, -0.25) is 4.79 Å². The van der Waals surface area contributed by atoms with Crippen molar-refractivity contribution >= 4 is 33.3 Å². The average Bonchev–Trinajstić information content (AvgIpc) is 3.44. The summed E-state index contributed by atoms with van der Waals surface area (Å²) in [4.78, 5) is 12.0. The van der Waals surface area contributed by atoms with E-state index in [-0.39, 0.29) is 11.3 Å². The monoisotopic (exact) mass is 442 g/mol. The van der Waals surface area contributed by atoms with Crippen molar-refractivity contribution in [2.75, 3.05) is 5.73 Å². The Hall–Kier alpha value is -2.87. The molecule has 1 aliphatic carbocycles. The molecule has 1 fully saturated rings. The van der Waals surface area contributed by atoms with E-state index in [2.05, 4.69) is 4.72 Å². The fourth-order valence-electron chi connectivity index (χ4n) is 3.60. The van der Waals surface area contributed by atoms with Gasteiger partial charge in [0.05, 0.1) is 4.90 Å². The lowest BCUT2D eigenvalue weighted by molar-refractivity contribution is -0.140. The van der Waals surface area contributed by atoms with Crippen molar-refractivity contribution in [2.24, 2.45) is 0 Å². The first-order chi connectivity index (χ1) is 14.2. The van der Waals surface area contributed by atoms with Crippen LogP contribution in [0.25, 0.3) is 11.1 Å². The van der Waals surface area contributed by atoms with Crippen molar-refractivity contribution in [3.05, 3.63) is 83.4 Å². The fraction of sp³-hybridized carbons (Fsp3) is 0.136. The Morgan fingerprint density at radius 3 is 2.20 bits per heavy atom. The molecule has 0 bridgehead atoms. The van der Waals surface area contributed by atoms with E-state index in [0.717, 1.165) is 11.1 Å². The third kappa shape index (κ3) is 3.79. The number of hydrogen-bond donors (Lipinski definition) is 3. The minimum Gasteiger partial charge on any atom is -0.480 e. The van der Waals surface area contributed by atoms with E-state index in [1.54, 1.807) is 48.5 Å². The van der Waals surface area contributed by atoms with Crippen molar-refractivity contribution < 1.29 is 18.3 Å². The number of anilines is 1. The summed E-state index contributed by atoms with van der Waals surface area (Å²) in [6, 6.07) is 20.3. The number of nitrogen functional groups attached to an aromatic ring is 1. The van der Waals surface area contributed by atoms with E-state index in [0.29, 0.717) is 16.3 Å². The summed E-state index contributed by atoms with van der Waals surface area (Å²) in [5.74, 6) is -1.70. The van der Waals surface area contributed by atoms with Crippen LogP contribution < -0.4 is 10.5 Å². The van der Waals surface area contributed by atoms with Gasteiger partial charge in [0.1, 0.15) is 5.54 Å². The van der Waals surface area contributed by atoms with Gasteiger partial charge in [0.2, 0.25) is 10.0 Å². The quantitative estimate of drug-likeness (QED) is 0.502. The van der Waals surface area contributed by atoms with Gasteiger partial charge in [-0.05, 0) is 59.5 Å². The molecule has 0 amide bonds. The SMILES string of the molecule is Nc1cccc(C2CC2(NS(=O)(=O)c2ccc(-c3ccc(Cl)cc3)cc2)C(=O)O)c1. The first-order valence-corrected chi connectivity index (χ1v) is 11.1. The largest absolute Gasteiger partial charge is 0.480 e. The van der Waals surface area contributed by atoms with Crippen LogP contribution >= 0.6 is 11.6 Å². The van der Waals surface area contributed by atoms with Crippen molar-refractivity contribution in [2.45, 2.75) is 22.8 Å². The molecule has 0 spiro atoms. The lowest BCUT2D eigenvalue weighted by atomic mass is 10.1. The van der Waals surface area contributed by atoms with E-state index in [1.807, 2.05) is 12.1 Å². The van der Waals surface area contributed by atoms with Gasteiger partial charge in [0.15, 0.2) is 0 Å². The van der Waals surface area contributed by atoms with E-state index < -0.39 is 27.4 Å². The lowest BCUT2D eigenvalue weighted by Crippen LogP contribution is -2.44. The Kier molecular flexibility index (Phi) is 5.05. The van der Waals surface area contributed by atoms with Crippen molar-refractivity contribution in [3.63, 3.8) is 0 Å². The molecular formula is C22H19ClN2O4S. The molecule has 154 valence electrons. The van der Waals surface area contributed by atoms with Crippen LogP contribution in [0.2, 0.25) is 5.02 Å². The van der Waals surface area contributed by atoms with Gasteiger partial charge in [-0.2, -0.15) is 4.72 Å². The van der Waals surface area contributed by atoms with Gasteiger partial charge < -0.3 is 10.8 Å². The molecule has 0 aromatic heterocycles. The van der Waals surface area contributed by atoms with E-state index >= 15 is 0 Å². The van der Waals surface area contributed by atoms with Gasteiger partial charge in [-0.1, -0.05) is 48.0 Å². The lowest BCUT2D eigenvalue weighted by Gasteiger charge is -2.16. The molecule has 8 heteroatoms. The third-order valence-electron chi connectivity index (χ3n) is 5.31. The van der Waals surface area contributed by atoms with Crippen LogP contribution in [-0.4, -0.2) is 25.0 Å². The van der Waals surface area contributed by atoms with Crippen LogP contribution in [0.4, 0.5) is 5.69 Å². The number of hydrogen-bond acceptors (Lipinski definition) is 4. The predicted octanol–water partition coefficient (Wildman–Crippen LogP) is 3.88. The third-order valence-corrected chi connectivity index (χ3v) is 7.09. The van der Waals surface area contributed by atoms with Gasteiger partial charge in [-0.15, -0.1) is 0 Å². The molecule has 2 atom stereocenters. The molecule has 30 heavy (non-hydrogen) atoms. The van der Waals surface area contributed by atoms with Gasteiger partial charge in [-0.25, -0.2) is 8.42 Å². The summed E-state index contributed by atoms with van der Waals surface area (Å²) < 4.78 is 28.2. The van der Waals surface area contributed by atoms with Crippen LogP contribution in [0.1, 0.15) is 17.9 Å². The number of nitrogens with two attached hydrogens (primary N) is 1. The second-order valence-electron chi connectivity index (χ2n) is 7.34. The number of carbonyl (C=O) groups is 1. The molecule has 0 heterocycles. The molecular weight excluding hydrogens is 424 g/mol. The van der Waals surface area contributed by atoms with Gasteiger partial charge >= 0.3 is 5.97 Å². The molecule has 0 radical (unpaired) electrons. The number of sulfonamides is 1. The summed E-state index contributed by atoms with van der Waals surface area (Å²) in [6.45, 7) is 0. The van der Waals surface area contributed by atoms with Crippen LogP contribution in [0.5, 0.6) is 0 Å². The normalized spacial score (nSPS) is 20.6. The molecule has 1 aliphatic rings. The number of rotatable bonds is 6. The van der Waals surface area contributed by atoms with Gasteiger partial charge in [0, 0.05) is 16.6 Å². The van der Waals surface area contributed by atoms with E-state index in [1.165, 1.54) is 12.1 Å². The van der Waals surface area contributed by atoms with E-state index in [4.69, 9.17) is 17.3 Å². The number of nitrogens with one attached hydrogen (secondary N) is 1. The van der Waals surface area contributed by atoms with Crippen LogP contribution in [0.3, 0.4) is 0 Å². The maximum Gasteiger partial charge on any atom is 0.325 e. The Bertz CT molecular complexity index is 1210. The molecule has 4 rings (SSSR count).